The number of sulfonamides is 1. The Balaban J connectivity index is 2.05. The Morgan fingerprint density at radius 1 is 1.45 bits per heavy atom. The van der Waals surface area contributed by atoms with Crippen LogP contribution < -0.4 is 5.32 Å². The predicted molar refractivity (Wildman–Crippen MR) is 87.0 cm³/mol. The molecule has 1 aliphatic rings. The third-order valence-corrected chi connectivity index (χ3v) is 7.72. The Kier molecular flexibility index (Phi) is 5.92. The van der Waals surface area contributed by atoms with Crippen LogP contribution in [0.5, 0.6) is 0 Å². The van der Waals surface area contributed by atoms with Crippen molar-refractivity contribution in [2.45, 2.75) is 36.3 Å². The molecule has 1 fully saturated rings. The van der Waals surface area contributed by atoms with Gasteiger partial charge < -0.3 is 5.32 Å². The molecule has 0 bridgehead atoms. The van der Waals surface area contributed by atoms with E-state index < -0.39 is 10.0 Å². The first-order valence-electron chi connectivity index (χ1n) is 6.95. The summed E-state index contributed by atoms with van der Waals surface area (Å²) in [7, 11) is -3.29. The van der Waals surface area contributed by atoms with Crippen molar-refractivity contribution in [2.75, 3.05) is 25.4 Å². The van der Waals surface area contributed by atoms with Gasteiger partial charge >= 0.3 is 0 Å². The van der Waals surface area contributed by atoms with Gasteiger partial charge in [0, 0.05) is 35.5 Å². The van der Waals surface area contributed by atoms with Crippen molar-refractivity contribution in [1.29, 1.82) is 0 Å². The van der Waals surface area contributed by atoms with Crippen LogP contribution in [-0.4, -0.2) is 43.4 Å². The molecule has 1 aromatic heterocycles. The lowest BCUT2D eigenvalue weighted by Crippen LogP contribution is -2.40. The minimum absolute atomic E-state index is 0.379. The Morgan fingerprint density at radius 3 is 2.95 bits per heavy atom. The summed E-state index contributed by atoms with van der Waals surface area (Å²) in [5.41, 5.74) is 0. The van der Waals surface area contributed by atoms with E-state index in [0.29, 0.717) is 22.5 Å². The highest BCUT2D eigenvalue weighted by Gasteiger charge is 2.29. The molecule has 114 valence electrons. The van der Waals surface area contributed by atoms with Crippen molar-refractivity contribution in [3.05, 3.63) is 17.0 Å². The Morgan fingerprint density at radius 2 is 2.25 bits per heavy atom. The Hall–Kier alpha value is -0.0800. The van der Waals surface area contributed by atoms with E-state index in [1.54, 1.807) is 10.4 Å². The van der Waals surface area contributed by atoms with Crippen LogP contribution in [0, 0.1) is 0 Å². The van der Waals surface area contributed by atoms with E-state index in [9.17, 15) is 8.42 Å². The molecule has 4 nitrogen and oxygen atoms in total. The van der Waals surface area contributed by atoms with Gasteiger partial charge in [0.1, 0.15) is 4.21 Å². The first-order valence-corrected chi connectivity index (χ1v) is 10.3. The molecule has 0 amide bonds. The van der Waals surface area contributed by atoms with Gasteiger partial charge in [-0.1, -0.05) is 13.8 Å². The third-order valence-electron chi connectivity index (χ3n) is 3.16. The highest BCUT2D eigenvalue weighted by molar-refractivity contribution is 8.00. The number of rotatable bonds is 6. The van der Waals surface area contributed by atoms with Crippen LogP contribution >= 0.6 is 23.1 Å². The summed E-state index contributed by atoms with van der Waals surface area (Å²) in [6.45, 7) is 7.15. The van der Waals surface area contributed by atoms with Gasteiger partial charge in [0.05, 0.1) is 0 Å². The molecule has 2 rings (SSSR count). The zero-order chi connectivity index (χ0) is 14.6. The Bertz CT molecular complexity index is 527. The first-order chi connectivity index (χ1) is 9.54. The van der Waals surface area contributed by atoms with Crippen LogP contribution in [0.15, 0.2) is 16.3 Å². The molecule has 7 heteroatoms. The van der Waals surface area contributed by atoms with E-state index in [0.717, 1.165) is 30.1 Å². The molecule has 1 unspecified atom stereocenters. The van der Waals surface area contributed by atoms with Gasteiger partial charge in [0.25, 0.3) is 10.0 Å². The highest BCUT2D eigenvalue weighted by Crippen LogP contribution is 2.28. The van der Waals surface area contributed by atoms with Crippen molar-refractivity contribution in [3.8, 4) is 0 Å². The van der Waals surface area contributed by atoms with Crippen LogP contribution in [0.1, 0.15) is 25.1 Å². The van der Waals surface area contributed by atoms with E-state index in [1.165, 1.54) is 11.3 Å². The molecule has 1 aliphatic heterocycles. The van der Waals surface area contributed by atoms with E-state index in [1.807, 2.05) is 17.8 Å². The fraction of sp³-hybridized carbons (Fsp3) is 0.692. The van der Waals surface area contributed by atoms with E-state index >= 15 is 0 Å². The molecule has 2 heterocycles. The molecule has 20 heavy (non-hydrogen) atoms. The van der Waals surface area contributed by atoms with Crippen LogP contribution in [-0.2, 0) is 16.6 Å². The molecule has 0 aliphatic carbocycles. The number of thiophene rings is 1. The van der Waals surface area contributed by atoms with Crippen LogP contribution in [0.2, 0.25) is 0 Å². The van der Waals surface area contributed by atoms with Gasteiger partial charge in [0.2, 0.25) is 0 Å². The van der Waals surface area contributed by atoms with Crippen molar-refractivity contribution in [1.82, 2.24) is 9.62 Å². The summed E-state index contributed by atoms with van der Waals surface area (Å²) >= 11 is 3.23. The maximum atomic E-state index is 12.6. The van der Waals surface area contributed by atoms with E-state index in [4.69, 9.17) is 0 Å². The second kappa shape index (κ2) is 7.26. The van der Waals surface area contributed by atoms with Gasteiger partial charge in [-0.15, -0.1) is 11.3 Å². The summed E-state index contributed by atoms with van der Waals surface area (Å²) in [5, 5.41) is 3.68. The average Bonchev–Trinajstić information content (AvgIpc) is 2.88. The van der Waals surface area contributed by atoms with Crippen molar-refractivity contribution in [2.24, 2.45) is 0 Å². The fourth-order valence-corrected chi connectivity index (χ4v) is 6.35. The smallest absolute Gasteiger partial charge is 0.252 e. The summed E-state index contributed by atoms with van der Waals surface area (Å²) in [5.74, 6) is 0.886. The van der Waals surface area contributed by atoms with Crippen molar-refractivity contribution in [3.63, 3.8) is 0 Å². The largest absolute Gasteiger partial charge is 0.312 e. The third kappa shape index (κ3) is 3.98. The SMILES string of the molecule is CCCNCc1ccc(S(=O)(=O)N2CCSC(C)C2)s1. The lowest BCUT2D eigenvalue weighted by molar-refractivity contribution is 0.425. The summed E-state index contributed by atoms with van der Waals surface area (Å²) in [6, 6.07) is 3.66. The summed E-state index contributed by atoms with van der Waals surface area (Å²) < 4.78 is 27.3. The van der Waals surface area contributed by atoms with Crippen LogP contribution in [0.25, 0.3) is 0 Å². The summed E-state index contributed by atoms with van der Waals surface area (Å²) in [4.78, 5) is 1.08. The second-order valence-corrected chi connectivity index (χ2v) is 9.82. The molecular formula is C13H22N2O2S3. The molecule has 0 radical (unpaired) electrons. The van der Waals surface area contributed by atoms with Crippen LogP contribution in [0.3, 0.4) is 0 Å². The van der Waals surface area contributed by atoms with Gasteiger partial charge in [-0.3, -0.25) is 0 Å². The van der Waals surface area contributed by atoms with Crippen molar-refractivity contribution >= 4 is 33.1 Å². The minimum atomic E-state index is -3.29. The molecule has 0 spiro atoms. The van der Waals surface area contributed by atoms with E-state index in [-0.39, 0.29) is 0 Å². The monoisotopic (exact) mass is 334 g/mol. The molecular weight excluding hydrogens is 312 g/mol. The zero-order valence-electron chi connectivity index (χ0n) is 12.0. The molecule has 1 N–H and O–H groups in total. The second-order valence-electron chi connectivity index (χ2n) is 4.94. The molecule has 1 atom stereocenters. The van der Waals surface area contributed by atoms with E-state index in [2.05, 4.69) is 19.2 Å². The number of hydrogen-bond acceptors (Lipinski definition) is 5. The molecule has 1 saturated heterocycles. The molecule has 1 aromatic rings. The van der Waals surface area contributed by atoms with Gasteiger partial charge in [-0.2, -0.15) is 16.1 Å². The number of nitrogens with zero attached hydrogens (tertiary/aromatic N) is 1. The highest BCUT2D eigenvalue weighted by atomic mass is 32.2. The molecule has 0 aromatic carbocycles. The quantitative estimate of drug-likeness (QED) is 0.812. The fourth-order valence-electron chi connectivity index (χ4n) is 2.11. The zero-order valence-corrected chi connectivity index (χ0v) is 14.4. The molecule has 0 saturated carbocycles. The summed E-state index contributed by atoms with van der Waals surface area (Å²) in [6.07, 6.45) is 1.08. The van der Waals surface area contributed by atoms with Gasteiger partial charge in [-0.05, 0) is 25.1 Å². The normalized spacial score (nSPS) is 21.2. The topological polar surface area (TPSA) is 49.4 Å². The Labute approximate surface area is 130 Å². The average molecular weight is 335 g/mol. The van der Waals surface area contributed by atoms with Crippen molar-refractivity contribution < 1.29 is 8.42 Å². The minimum Gasteiger partial charge on any atom is -0.312 e. The van der Waals surface area contributed by atoms with Gasteiger partial charge in [0.15, 0.2) is 0 Å². The number of thioether (sulfide) groups is 1. The van der Waals surface area contributed by atoms with Crippen LogP contribution in [0.4, 0.5) is 0 Å². The predicted octanol–water partition coefficient (Wildman–Crippen LogP) is 2.37. The standard InChI is InChI=1S/C13H22N2O2S3/c1-3-6-14-9-12-4-5-13(19-12)20(16,17)15-7-8-18-11(2)10-15/h4-5,11,14H,3,6-10H2,1-2H3. The maximum absolute atomic E-state index is 12.6. The van der Waals surface area contributed by atoms with Gasteiger partial charge in [-0.25, -0.2) is 8.42 Å². The first kappa shape index (κ1) is 16.3. The maximum Gasteiger partial charge on any atom is 0.252 e. The lowest BCUT2D eigenvalue weighted by Gasteiger charge is -2.29. The number of hydrogen-bond donors (Lipinski definition) is 1. The lowest BCUT2D eigenvalue weighted by atomic mass is 10.4. The number of nitrogens with one attached hydrogen (secondary N) is 1.